The summed E-state index contributed by atoms with van der Waals surface area (Å²) in [4.78, 5) is 1.31. The number of hydrogen-bond donors (Lipinski definition) is 0. The lowest BCUT2D eigenvalue weighted by atomic mass is 9.70. The second kappa shape index (κ2) is 8.89. The Labute approximate surface area is 216 Å². The van der Waals surface area contributed by atoms with Gasteiger partial charge in [0.2, 0.25) is 0 Å². The highest BCUT2D eigenvalue weighted by molar-refractivity contribution is 5.75. The van der Waals surface area contributed by atoms with Gasteiger partial charge >= 0.3 is 6.18 Å². The SMILES string of the molecule is CC(C)(C)CC(C)(C)c1cc(-n2nc3ccc(C(F)(F)F)cc3n2)c([OH2+])c(C(C)(C)c2ccccc2)c1. The molecule has 0 bridgehead atoms. The van der Waals surface area contributed by atoms with E-state index in [1.54, 1.807) is 0 Å². The summed E-state index contributed by atoms with van der Waals surface area (Å²) in [7, 11) is 0. The molecular weight excluding hydrogens is 475 g/mol. The summed E-state index contributed by atoms with van der Waals surface area (Å²) in [5, 5.41) is 18.1. The van der Waals surface area contributed by atoms with Crippen LogP contribution in [0.4, 0.5) is 13.2 Å². The molecule has 0 aliphatic heterocycles. The van der Waals surface area contributed by atoms with Crippen LogP contribution in [0.5, 0.6) is 5.75 Å². The number of rotatable bonds is 5. The Morgan fingerprint density at radius 1 is 0.730 bits per heavy atom. The number of halogens is 3. The number of nitrogens with zero attached hydrogens (tertiary/aromatic N) is 3. The second-order valence-electron chi connectivity index (χ2n) is 12.2. The van der Waals surface area contributed by atoms with Crippen molar-refractivity contribution in [2.75, 3.05) is 0 Å². The Morgan fingerprint density at radius 3 is 1.95 bits per heavy atom. The van der Waals surface area contributed by atoms with Crippen LogP contribution in [-0.4, -0.2) is 20.1 Å². The van der Waals surface area contributed by atoms with Gasteiger partial charge in [-0.15, -0.1) is 15.0 Å². The highest BCUT2D eigenvalue weighted by Crippen LogP contribution is 2.45. The van der Waals surface area contributed by atoms with E-state index in [-0.39, 0.29) is 22.1 Å². The largest absolute Gasteiger partial charge is 0.592 e. The molecule has 0 amide bonds. The van der Waals surface area contributed by atoms with Gasteiger partial charge in [0, 0.05) is 5.41 Å². The van der Waals surface area contributed by atoms with E-state index < -0.39 is 17.2 Å². The van der Waals surface area contributed by atoms with Gasteiger partial charge in [0.15, 0.2) is 5.69 Å². The first kappa shape index (κ1) is 26.7. The summed E-state index contributed by atoms with van der Waals surface area (Å²) < 4.78 is 39.9. The van der Waals surface area contributed by atoms with Crippen LogP contribution < -0.4 is 0 Å². The number of benzene rings is 3. The Kier molecular flexibility index (Phi) is 6.42. The summed E-state index contributed by atoms with van der Waals surface area (Å²) in [5.41, 5.74) is 2.38. The predicted octanol–water partition coefficient (Wildman–Crippen LogP) is 7.92. The predicted molar refractivity (Wildman–Crippen MR) is 143 cm³/mol. The lowest BCUT2D eigenvalue weighted by molar-refractivity contribution is -0.137. The minimum Gasteiger partial charge on any atom is -0.592 e. The quantitative estimate of drug-likeness (QED) is 0.256. The average Bonchev–Trinajstić information content (AvgIpc) is 3.20. The van der Waals surface area contributed by atoms with E-state index >= 15 is 0 Å². The van der Waals surface area contributed by atoms with Gasteiger partial charge in [-0.2, -0.15) is 13.2 Å². The summed E-state index contributed by atoms with van der Waals surface area (Å²) in [6.45, 7) is 15.1. The van der Waals surface area contributed by atoms with E-state index in [1.165, 1.54) is 10.9 Å². The van der Waals surface area contributed by atoms with E-state index in [9.17, 15) is 18.3 Å². The van der Waals surface area contributed by atoms with Gasteiger partial charge in [-0.05, 0) is 58.7 Å². The minimum atomic E-state index is -4.47. The van der Waals surface area contributed by atoms with Crippen LogP contribution in [0.1, 0.15) is 77.1 Å². The first-order valence-electron chi connectivity index (χ1n) is 12.4. The van der Waals surface area contributed by atoms with Gasteiger partial charge in [0.25, 0.3) is 5.75 Å². The topological polar surface area (TPSA) is 53.6 Å². The van der Waals surface area contributed by atoms with Crippen LogP contribution in [0.25, 0.3) is 16.7 Å². The Hall–Kier alpha value is -3.35. The molecule has 2 N–H and O–H groups in total. The molecule has 0 saturated heterocycles. The summed E-state index contributed by atoms with van der Waals surface area (Å²) in [6, 6.07) is 17.4. The molecule has 0 spiro atoms. The third-order valence-corrected chi connectivity index (χ3v) is 6.96. The standard InChI is InChI=1S/C30H34F3N3O/c1-27(2,3)18-28(4,5)21-15-22(29(6,7)19-11-9-8-10-12-19)26(37)25(17-21)36-34-23-14-13-20(30(31,32)33)16-24(23)35-36/h8-17,37H,18H2,1-7H3/p+1. The molecule has 0 saturated carbocycles. The molecule has 0 unspecified atom stereocenters. The normalized spacial score (nSPS) is 13.4. The molecule has 4 nitrogen and oxygen atoms in total. The van der Waals surface area contributed by atoms with Crippen LogP contribution in [0, 0.1) is 5.41 Å². The van der Waals surface area contributed by atoms with Crippen molar-refractivity contribution in [3.8, 4) is 11.4 Å². The number of alkyl halides is 3. The van der Waals surface area contributed by atoms with E-state index in [0.717, 1.165) is 35.2 Å². The Balaban J connectivity index is 1.96. The van der Waals surface area contributed by atoms with Crippen LogP contribution in [-0.2, 0) is 17.0 Å². The maximum Gasteiger partial charge on any atom is 0.416 e. The van der Waals surface area contributed by atoms with Gasteiger partial charge < -0.3 is 5.11 Å². The van der Waals surface area contributed by atoms with Crippen LogP contribution in [0.15, 0.2) is 60.7 Å². The van der Waals surface area contributed by atoms with E-state index in [4.69, 9.17) is 0 Å². The first-order chi connectivity index (χ1) is 17.0. The Morgan fingerprint density at radius 2 is 1.35 bits per heavy atom. The first-order valence-corrected chi connectivity index (χ1v) is 12.4. The molecule has 0 fully saturated rings. The molecule has 3 aromatic carbocycles. The second-order valence-corrected chi connectivity index (χ2v) is 12.2. The molecule has 0 aliphatic carbocycles. The van der Waals surface area contributed by atoms with Crippen molar-refractivity contribution in [2.24, 2.45) is 5.41 Å². The molecular formula is C30H35F3N3O+. The summed E-state index contributed by atoms with van der Waals surface area (Å²) in [5.74, 6) is 0.250. The fourth-order valence-electron chi connectivity index (χ4n) is 5.30. The van der Waals surface area contributed by atoms with Crippen molar-refractivity contribution in [1.82, 2.24) is 15.0 Å². The van der Waals surface area contributed by atoms with Crippen LogP contribution in [0.3, 0.4) is 0 Å². The van der Waals surface area contributed by atoms with Crippen molar-refractivity contribution in [2.45, 2.75) is 71.9 Å². The third-order valence-electron chi connectivity index (χ3n) is 6.96. The van der Waals surface area contributed by atoms with Gasteiger partial charge in [0.05, 0.1) is 11.1 Å². The molecule has 0 radical (unpaired) electrons. The van der Waals surface area contributed by atoms with E-state index in [2.05, 4.69) is 64.7 Å². The fraction of sp³-hybridized carbons (Fsp3) is 0.400. The molecule has 37 heavy (non-hydrogen) atoms. The van der Waals surface area contributed by atoms with Crippen molar-refractivity contribution >= 4 is 11.0 Å². The monoisotopic (exact) mass is 510 g/mol. The Bertz CT molecular complexity index is 1430. The fourth-order valence-corrected chi connectivity index (χ4v) is 5.30. The zero-order chi connectivity index (χ0) is 27.4. The number of fused-ring (bicyclic) bond motifs is 1. The highest BCUT2D eigenvalue weighted by atomic mass is 19.4. The van der Waals surface area contributed by atoms with E-state index in [0.29, 0.717) is 11.2 Å². The number of aromatic nitrogens is 3. The summed E-state index contributed by atoms with van der Waals surface area (Å²) in [6.07, 6.45) is -3.58. The highest BCUT2D eigenvalue weighted by Gasteiger charge is 2.36. The molecule has 1 aromatic heterocycles. The van der Waals surface area contributed by atoms with Gasteiger partial charge in [0.1, 0.15) is 11.0 Å². The van der Waals surface area contributed by atoms with Gasteiger partial charge in [-0.1, -0.05) is 78.8 Å². The van der Waals surface area contributed by atoms with Crippen molar-refractivity contribution in [1.29, 1.82) is 0 Å². The summed E-state index contributed by atoms with van der Waals surface area (Å²) >= 11 is 0. The molecule has 4 aromatic rings. The maximum atomic E-state index is 13.3. The van der Waals surface area contributed by atoms with E-state index in [1.807, 2.05) is 36.4 Å². The van der Waals surface area contributed by atoms with Gasteiger partial charge in [-0.25, -0.2) is 0 Å². The molecule has 0 aliphatic rings. The third kappa shape index (κ3) is 5.36. The average molecular weight is 511 g/mol. The smallest absolute Gasteiger partial charge is 0.416 e. The van der Waals surface area contributed by atoms with Crippen molar-refractivity contribution in [3.05, 3.63) is 82.9 Å². The zero-order valence-corrected chi connectivity index (χ0v) is 22.5. The zero-order valence-electron chi connectivity index (χ0n) is 22.5. The van der Waals surface area contributed by atoms with Crippen molar-refractivity contribution in [3.63, 3.8) is 0 Å². The lowest BCUT2D eigenvalue weighted by Gasteiger charge is -2.34. The number of hydrogen-bond acceptors (Lipinski definition) is 2. The maximum absolute atomic E-state index is 13.3. The minimum absolute atomic E-state index is 0.0606. The molecule has 196 valence electrons. The van der Waals surface area contributed by atoms with Crippen molar-refractivity contribution < 1.29 is 18.3 Å². The molecule has 1 heterocycles. The lowest BCUT2D eigenvalue weighted by Crippen LogP contribution is -2.27. The molecule has 7 heteroatoms. The van der Waals surface area contributed by atoms with Crippen LogP contribution >= 0.6 is 0 Å². The van der Waals surface area contributed by atoms with Crippen LogP contribution in [0.2, 0.25) is 0 Å². The molecule has 4 rings (SSSR count). The van der Waals surface area contributed by atoms with Gasteiger partial charge in [-0.3, -0.25) is 0 Å². The molecule has 0 atom stereocenters.